The molecule has 0 rings (SSSR count). The molecule has 1 N–H and O–H groups in total. The molecule has 0 atom stereocenters. The van der Waals surface area contributed by atoms with Crippen molar-refractivity contribution in [3.05, 3.63) is 0 Å². The lowest BCUT2D eigenvalue weighted by Crippen LogP contribution is -1.99. The summed E-state index contributed by atoms with van der Waals surface area (Å²) in [5.74, 6) is 0. The molecular formula is C3H9NOS. The zero-order valence-electron chi connectivity index (χ0n) is 4.02. The summed E-state index contributed by atoms with van der Waals surface area (Å²) in [6.07, 6.45) is 0. The van der Waals surface area contributed by atoms with Gasteiger partial charge in [-0.3, -0.25) is 0 Å². The van der Waals surface area contributed by atoms with E-state index in [0.29, 0.717) is 0 Å². The van der Waals surface area contributed by atoms with Crippen LogP contribution in [0.4, 0.5) is 0 Å². The van der Waals surface area contributed by atoms with Crippen LogP contribution >= 0.6 is 12.2 Å². The molecule has 0 aliphatic rings. The summed E-state index contributed by atoms with van der Waals surface area (Å²) in [4.78, 5) is 0. The van der Waals surface area contributed by atoms with Gasteiger partial charge in [0.1, 0.15) is 0 Å². The van der Waals surface area contributed by atoms with Crippen LogP contribution in [-0.4, -0.2) is 13.7 Å². The van der Waals surface area contributed by atoms with Crippen LogP contribution in [0.5, 0.6) is 0 Å². The van der Waals surface area contributed by atoms with Crippen molar-refractivity contribution in [3.63, 3.8) is 0 Å². The molecule has 0 heterocycles. The Morgan fingerprint density at radius 3 is 2.67 bits per heavy atom. The molecular weight excluding hydrogens is 98.1 g/mol. The quantitative estimate of drug-likeness (QED) is 0.327. The van der Waals surface area contributed by atoms with Crippen LogP contribution in [0.2, 0.25) is 0 Å². The summed E-state index contributed by atoms with van der Waals surface area (Å²) in [6.45, 7) is 2.96. The SMILES string of the molecule is CCNSOC. The van der Waals surface area contributed by atoms with Gasteiger partial charge >= 0.3 is 0 Å². The Labute approximate surface area is 42.6 Å². The molecule has 0 aromatic carbocycles. The number of rotatable bonds is 3. The summed E-state index contributed by atoms with van der Waals surface area (Å²) >= 11 is 1.26. The van der Waals surface area contributed by atoms with Crippen molar-refractivity contribution in [2.75, 3.05) is 13.7 Å². The van der Waals surface area contributed by atoms with E-state index >= 15 is 0 Å². The minimum atomic E-state index is 0.943. The van der Waals surface area contributed by atoms with E-state index < -0.39 is 0 Å². The first-order chi connectivity index (χ1) is 2.91. The zero-order valence-corrected chi connectivity index (χ0v) is 4.84. The van der Waals surface area contributed by atoms with Crippen molar-refractivity contribution in [1.29, 1.82) is 0 Å². The van der Waals surface area contributed by atoms with Crippen LogP contribution < -0.4 is 4.72 Å². The first kappa shape index (κ1) is 6.27. The van der Waals surface area contributed by atoms with Crippen molar-refractivity contribution < 1.29 is 4.18 Å². The van der Waals surface area contributed by atoms with E-state index in [1.54, 1.807) is 7.11 Å². The Morgan fingerprint density at radius 1 is 1.83 bits per heavy atom. The van der Waals surface area contributed by atoms with Gasteiger partial charge in [-0.25, -0.2) is 4.72 Å². The molecule has 2 nitrogen and oxygen atoms in total. The third-order valence-corrected chi connectivity index (χ3v) is 0.860. The summed E-state index contributed by atoms with van der Waals surface area (Å²) in [6, 6.07) is 0. The molecule has 0 amide bonds. The van der Waals surface area contributed by atoms with E-state index in [2.05, 4.69) is 8.91 Å². The summed E-state index contributed by atoms with van der Waals surface area (Å²) in [7, 11) is 1.63. The molecule has 0 bridgehead atoms. The first-order valence-corrected chi connectivity index (χ1v) is 2.58. The van der Waals surface area contributed by atoms with Crippen LogP contribution in [0.15, 0.2) is 0 Å². The van der Waals surface area contributed by atoms with Crippen LogP contribution in [0.1, 0.15) is 6.92 Å². The molecule has 0 spiro atoms. The van der Waals surface area contributed by atoms with E-state index in [0.717, 1.165) is 6.54 Å². The van der Waals surface area contributed by atoms with Crippen molar-refractivity contribution in [1.82, 2.24) is 4.72 Å². The molecule has 0 saturated heterocycles. The Bertz CT molecular complexity index is 22.8. The van der Waals surface area contributed by atoms with Gasteiger partial charge in [0, 0.05) is 6.54 Å². The molecule has 0 unspecified atom stereocenters. The Balaban J connectivity index is 2.34. The monoisotopic (exact) mass is 107 g/mol. The van der Waals surface area contributed by atoms with Crippen LogP contribution in [0.25, 0.3) is 0 Å². The Hall–Kier alpha value is 0.270. The van der Waals surface area contributed by atoms with E-state index in [9.17, 15) is 0 Å². The van der Waals surface area contributed by atoms with E-state index in [1.165, 1.54) is 12.2 Å². The minimum absolute atomic E-state index is 0.943. The Morgan fingerprint density at radius 2 is 2.50 bits per heavy atom. The number of hydrogen-bond donors (Lipinski definition) is 1. The molecule has 6 heavy (non-hydrogen) atoms. The lowest BCUT2D eigenvalue weighted by molar-refractivity contribution is 0.484. The average Bonchev–Trinajstić information content (AvgIpc) is 1.61. The van der Waals surface area contributed by atoms with Crippen LogP contribution in [-0.2, 0) is 4.18 Å². The molecule has 0 fully saturated rings. The number of hydrogen-bond acceptors (Lipinski definition) is 3. The normalized spacial score (nSPS) is 9.00. The fraction of sp³-hybridized carbons (Fsp3) is 1.00. The van der Waals surface area contributed by atoms with Gasteiger partial charge < -0.3 is 4.18 Å². The van der Waals surface area contributed by atoms with Crippen molar-refractivity contribution in [3.8, 4) is 0 Å². The largest absolute Gasteiger partial charge is 0.305 e. The van der Waals surface area contributed by atoms with Gasteiger partial charge in [-0.1, -0.05) is 6.92 Å². The zero-order chi connectivity index (χ0) is 4.83. The predicted molar refractivity (Wildman–Crippen MR) is 28.3 cm³/mol. The lowest BCUT2D eigenvalue weighted by atomic mass is 10.8. The predicted octanol–water partition coefficient (Wildman–Crippen LogP) is 0.805. The van der Waals surface area contributed by atoms with Gasteiger partial charge in [-0.15, -0.1) is 0 Å². The number of nitrogens with one attached hydrogen (secondary N) is 1. The van der Waals surface area contributed by atoms with Gasteiger partial charge in [0.25, 0.3) is 0 Å². The van der Waals surface area contributed by atoms with Crippen LogP contribution in [0, 0.1) is 0 Å². The van der Waals surface area contributed by atoms with Crippen molar-refractivity contribution in [2.24, 2.45) is 0 Å². The second-order valence-corrected chi connectivity index (χ2v) is 1.54. The molecule has 0 saturated carbocycles. The third kappa shape index (κ3) is 4.27. The van der Waals surface area contributed by atoms with Gasteiger partial charge in [0.15, 0.2) is 0 Å². The third-order valence-electron chi connectivity index (χ3n) is 0.287. The van der Waals surface area contributed by atoms with E-state index in [-0.39, 0.29) is 0 Å². The fourth-order valence-electron chi connectivity index (χ4n) is 0.118. The summed E-state index contributed by atoms with van der Waals surface area (Å²) in [5, 5.41) is 0. The molecule has 0 aliphatic heterocycles. The van der Waals surface area contributed by atoms with Gasteiger partial charge in [0.2, 0.25) is 0 Å². The highest BCUT2D eigenvalue weighted by Gasteiger charge is 1.72. The van der Waals surface area contributed by atoms with Gasteiger partial charge in [-0.2, -0.15) is 0 Å². The molecule has 38 valence electrons. The second kappa shape index (κ2) is 5.27. The van der Waals surface area contributed by atoms with Crippen LogP contribution in [0.3, 0.4) is 0 Å². The highest BCUT2D eigenvalue weighted by molar-refractivity contribution is 7.92. The molecule has 3 heteroatoms. The second-order valence-electron chi connectivity index (χ2n) is 0.748. The highest BCUT2D eigenvalue weighted by atomic mass is 32.2. The van der Waals surface area contributed by atoms with Gasteiger partial charge in [0.05, 0.1) is 19.3 Å². The summed E-state index contributed by atoms with van der Waals surface area (Å²) in [5.41, 5.74) is 0. The fourth-order valence-corrected chi connectivity index (χ4v) is 0.354. The summed E-state index contributed by atoms with van der Waals surface area (Å²) < 4.78 is 7.48. The molecule has 0 aromatic heterocycles. The van der Waals surface area contributed by atoms with Gasteiger partial charge in [-0.05, 0) is 0 Å². The average molecular weight is 107 g/mol. The molecule has 0 aliphatic carbocycles. The maximum absolute atomic E-state index is 4.59. The standard InChI is InChI=1S/C3H9NOS/c1-3-4-6-5-2/h4H,3H2,1-2H3. The van der Waals surface area contributed by atoms with E-state index in [1.807, 2.05) is 6.92 Å². The van der Waals surface area contributed by atoms with Crippen molar-refractivity contribution in [2.45, 2.75) is 6.92 Å². The highest BCUT2D eigenvalue weighted by Crippen LogP contribution is 1.87. The Kier molecular flexibility index (Phi) is 5.51. The first-order valence-electron chi connectivity index (χ1n) is 1.84. The van der Waals surface area contributed by atoms with Crippen molar-refractivity contribution >= 4 is 12.2 Å². The maximum Gasteiger partial charge on any atom is 0.0785 e. The molecule has 0 radical (unpaired) electrons. The lowest BCUT2D eigenvalue weighted by Gasteiger charge is -1.91. The smallest absolute Gasteiger partial charge is 0.0785 e. The molecule has 0 aromatic rings. The van der Waals surface area contributed by atoms with E-state index in [4.69, 9.17) is 0 Å². The minimum Gasteiger partial charge on any atom is -0.305 e. The topological polar surface area (TPSA) is 21.3 Å². The maximum atomic E-state index is 4.59.